The first-order valence-corrected chi connectivity index (χ1v) is 6.72. The van der Waals surface area contributed by atoms with Gasteiger partial charge in [0, 0.05) is 0 Å². The molecule has 0 aliphatic rings. The maximum atomic E-state index is 9.51. The fourth-order valence-electron chi connectivity index (χ4n) is 0. The summed E-state index contributed by atoms with van der Waals surface area (Å²) in [6.45, 7) is 0. The molecular formula is Br2Cl3O2P. The van der Waals surface area contributed by atoms with Gasteiger partial charge in [0.1, 0.15) is 32.5 Å². The van der Waals surface area contributed by atoms with Crippen LogP contribution in [-0.2, 0) is 7.48 Å². The fourth-order valence-corrected chi connectivity index (χ4v) is 0. The monoisotopic (exact) mass is 326 g/mol. The van der Waals surface area contributed by atoms with E-state index in [1.165, 1.54) is 0 Å². The lowest BCUT2D eigenvalue weighted by Gasteiger charge is -1.74. The highest BCUT2D eigenvalue weighted by molar-refractivity contribution is 9.18. The highest BCUT2D eigenvalue weighted by atomic mass is 79.9. The van der Waals surface area contributed by atoms with Gasteiger partial charge in [-0.2, -0.15) is 0 Å². The Morgan fingerprint density at radius 2 is 1.25 bits per heavy atom. The molecule has 0 aliphatic heterocycles. The van der Waals surface area contributed by atoms with E-state index < -0.39 is 5.20 Å². The minimum Gasteiger partial charge on any atom is -0.271 e. The van der Waals surface area contributed by atoms with Gasteiger partial charge in [0.25, 0.3) is 0 Å². The molecule has 8 heteroatoms. The third-order valence-corrected chi connectivity index (χ3v) is 0. The Kier molecular flexibility index (Phi) is 11.3. The number of halogens is 5. The van der Waals surface area contributed by atoms with Crippen LogP contribution in [0.15, 0.2) is 0 Å². The minimum absolute atomic E-state index is 2.56. The van der Waals surface area contributed by atoms with E-state index >= 15 is 0 Å². The van der Waals surface area contributed by atoms with Crippen LogP contribution in [0.5, 0.6) is 0 Å². The van der Waals surface area contributed by atoms with Crippen molar-refractivity contribution in [1.82, 2.24) is 0 Å². The van der Waals surface area contributed by atoms with Crippen LogP contribution in [-0.4, -0.2) is 0 Å². The Bertz CT molecular complexity index is 71.1. The molecule has 0 N–H and O–H groups in total. The molecule has 8 heavy (non-hydrogen) atoms. The summed E-state index contributed by atoms with van der Waals surface area (Å²) < 4.78 is 13.4. The van der Waals surface area contributed by atoms with Crippen molar-refractivity contribution in [3.63, 3.8) is 0 Å². The molecule has 2 nitrogen and oxygen atoms in total. The molecule has 0 bridgehead atoms. The first-order valence-electron chi connectivity index (χ1n) is 0.998. The van der Waals surface area contributed by atoms with Gasteiger partial charge in [0.05, 0.1) is 0 Å². The minimum atomic E-state index is -3.22. The Morgan fingerprint density at radius 3 is 1.25 bits per heavy atom. The van der Waals surface area contributed by atoms with Gasteiger partial charge < -0.3 is 0 Å². The molecule has 0 atom stereocenters. The molecule has 0 aromatic carbocycles. The lowest BCUT2D eigenvalue weighted by Crippen LogP contribution is -1.19. The van der Waals surface area contributed by atoms with Gasteiger partial charge in [-0.15, -0.1) is 0 Å². The fraction of sp³-hybridized carbons (Fsp3) is 0. The van der Waals surface area contributed by atoms with Gasteiger partial charge in [-0.05, 0) is 33.7 Å². The molecule has 0 aromatic rings. The van der Waals surface area contributed by atoms with Crippen molar-refractivity contribution in [1.29, 1.82) is 0 Å². The van der Waals surface area contributed by atoms with E-state index in [0.717, 1.165) is 0 Å². The second-order valence-electron chi connectivity index (χ2n) is 0.457. The third-order valence-electron chi connectivity index (χ3n) is 0. The Morgan fingerprint density at radius 1 is 1.25 bits per heavy atom. The van der Waals surface area contributed by atoms with Crippen LogP contribution in [0.1, 0.15) is 0 Å². The van der Waals surface area contributed by atoms with E-state index in [4.69, 9.17) is 0 Å². The molecule has 0 unspecified atom stereocenters. The zero-order valence-corrected chi connectivity index (χ0v) is 9.49. The van der Waals surface area contributed by atoms with Crippen LogP contribution in [0.25, 0.3) is 0 Å². The summed E-state index contributed by atoms with van der Waals surface area (Å²) in [5.74, 6) is 0. The van der Waals surface area contributed by atoms with Crippen LogP contribution < -0.4 is 0 Å². The summed E-state index contributed by atoms with van der Waals surface area (Å²) in [7, 11) is 0. The van der Waals surface area contributed by atoms with Crippen molar-refractivity contribution in [2.24, 2.45) is 0 Å². The van der Waals surface area contributed by atoms with Gasteiger partial charge in [0.15, 0.2) is 0 Å². The highest BCUT2D eigenvalue weighted by Crippen LogP contribution is 2.61. The van der Waals surface area contributed by atoms with Crippen LogP contribution in [0.4, 0.5) is 0 Å². The average molecular weight is 329 g/mol. The third kappa shape index (κ3) is 96.9. The lowest BCUT2D eigenvalue weighted by atomic mass is 16.0. The van der Waals surface area contributed by atoms with E-state index in [2.05, 4.69) is 69.2 Å². The van der Waals surface area contributed by atoms with Crippen LogP contribution in [0, 0.1) is 0 Å². The van der Waals surface area contributed by atoms with Gasteiger partial charge in [-0.3, -0.25) is 4.57 Å². The van der Waals surface area contributed by atoms with Crippen LogP contribution in [0.2, 0.25) is 0 Å². The first-order chi connectivity index (χ1) is 3.41. The highest BCUT2D eigenvalue weighted by Gasteiger charge is 2.02. The van der Waals surface area contributed by atoms with Gasteiger partial charge >= 0.3 is 5.20 Å². The largest absolute Gasteiger partial charge is 0.339 e. The van der Waals surface area contributed by atoms with E-state index in [-0.39, 0.29) is 0 Å². The predicted octanol–water partition coefficient (Wildman–Crippen LogP) is 4.43. The normalized spacial score (nSPS) is 9.62. The summed E-state index contributed by atoms with van der Waals surface area (Å²) in [6.07, 6.45) is 0. The molecule has 0 amide bonds. The molecule has 52 valence electrons. The summed E-state index contributed by atoms with van der Waals surface area (Å²) >= 11 is 19.0. The summed E-state index contributed by atoms with van der Waals surface area (Å²) in [4.78, 5) is 0. The molecule has 0 aromatic heterocycles. The summed E-state index contributed by atoms with van der Waals surface area (Å²) in [5.41, 5.74) is 0. The van der Waals surface area contributed by atoms with Crippen molar-refractivity contribution in [2.75, 3.05) is 0 Å². The molecule has 0 radical (unpaired) electrons. The average Bonchev–Trinajstić information content (AvgIpc) is 1.27. The van der Waals surface area contributed by atoms with Crippen molar-refractivity contribution in [3.05, 3.63) is 0 Å². The zero-order chi connectivity index (χ0) is 7.21. The second-order valence-corrected chi connectivity index (χ2v) is 8.61. The predicted molar refractivity (Wildman–Crippen MR) is 44.1 cm³/mol. The Labute approximate surface area is 78.5 Å². The molecule has 0 rings (SSSR count). The van der Waals surface area contributed by atoms with Crippen LogP contribution >= 0.6 is 71.4 Å². The first kappa shape index (κ1) is 12.7. The van der Waals surface area contributed by atoms with Crippen molar-refractivity contribution in [3.8, 4) is 0 Å². The lowest BCUT2D eigenvalue weighted by molar-refractivity contribution is 0.600. The second kappa shape index (κ2) is 7.13. The van der Waals surface area contributed by atoms with Gasteiger partial charge in [-0.25, -0.2) is 2.92 Å². The number of hydrogen-bond acceptors (Lipinski definition) is 2. The molecule has 0 aliphatic carbocycles. The molecule has 0 heterocycles. The van der Waals surface area contributed by atoms with Gasteiger partial charge in [-0.1, -0.05) is 0 Å². The van der Waals surface area contributed by atoms with Crippen LogP contribution in [0.3, 0.4) is 0 Å². The van der Waals surface area contributed by atoms with Gasteiger partial charge in [0.2, 0.25) is 0 Å². The SMILES string of the molecule is BrOBr.O=P(Cl)(Cl)Cl. The topological polar surface area (TPSA) is 26.3 Å². The summed E-state index contributed by atoms with van der Waals surface area (Å²) in [6, 6.07) is 0. The molecule has 0 fully saturated rings. The van der Waals surface area contributed by atoms with E-state index in [1.54, 1.807) is 0 Å². The van der Waals surface area contributed by atoms with Crippen molar-refractivity contribution < 1.29 is 7.48 Å². The standard InChI is InChI=1S/Br2O.Cl3OP/c1-3-2;1-5(2,3)4. The molecule has 0 spiro atoms. The molecule has 0 saturated heterocycles. The summed E-state index contributed by atoms with van der Waals surface area (Å²) in [5, 5.41) is -3.22. The smallest absolute Gasteiger partial charge is 0.271 e. The maximum absolute atomic E-state index is 9.51. The number of rotatable bonds is 0. The maximum Gasteiger partial charge on any atom is 0.339 e. The Balaban J connectivity index is 0. The quantitative estimate of drug-likeness (QED) is 0.615. The van der Waals surface area contributed by atoms with E-state index in [0.29, 0.717) is 0 Å². The molecule has 0 saturated carbocycles. The Hall–Kier alpha value is 2.02. The van der Waals surface area contributed by atoms with E-state index in [9.17, 15) is 4.57 Å². The zero-order valence-electron chi connectivity index (χ0n) is 3.15. The van der Waals surface area contributed by atoms with Crippen molar-refractivity contribution in [2.45, 2.75) is 0 Å². The molecular weight excluding hydrogens is 329 g/mol. The number of hydrogen-bond donors (Lipinski definition) is 0. The van der Waals surface area contributed by atoms with E-state index in [1.807, 2.05) is 0 Å². The van der Waals surface area contributed by atoms with Crippen molar-refractivity contribution >= 4 is 71.4 Å².